The molecule has 0 saturated carbocycles. The van der Waals surface area contributed by atoms with E-state index in [2.05, 4.69) is 5.32 Å². The fourth-order valence-corrected chi connectivity index (χ4v) is 3.33. The lowest BCUT2D eigenvalue weighted by Gasteiger charge is -2.21. The normalized spacial score (nSPS) is 13.7. The van der Waals surface area contributed by atoms with Crippen molar-refractivity contribution in [2.45, 2.75) is 38.5 Å². The smallest absolute Gasteiger partial charge is 0.407 e. The summed E-state index contributed by atoms with van der Waals surface area (Å²) in [6.45, 7) is 3.49. The topological polar surface area (TPSA) is 173 Å². The molecule has 0 radical (unpaired) electrons. The molecule has 0 aliphatic heterocycles. The van der Waals surface area contributed by atoms with Crippen molar-refractivity contribution in [2.75, 3.05) is 92.4 Å². The minimum Gasteiger partial charge on any atom is -0.449 e. The van der Waals surface area contributed by atoms with Gasteiger partial charge in [-0.25, -0.2) is 4.79 Å². The van der Waals surface area contributed by atoms with Gasteiger partial charge in [0.2, 0.25) is 0 Å². The Labute approximate surface area is 220 Å². The molecule has 0 aliphatic rings. The van der Waals surface area contributed by atoms with Crippen molar-refractivity contribution in [3.8, 4) is 0 Å². The summed E-state index contributed by atoms with van der Waals surface area (Å²) >= 11 is 0. The molecule has 0 fully saturated rings. The molecule has 220 valence electrons. The molecule has 0 aliphatic carbocycles. The van der Waals surface area contributed by atoms with E-state index in [1.54, 1.807) is 0 Å². The summed E-state index contributed by atoms with van der Waals surface area (Å²) < 4.78 is 27.9. The molecule has 3 atom stereocenters. The van der Waals surface area contributed by atoms with Gasteiger partial charge in [0.1, 0.15) is 12.9 Å². The third-order valence-electron chi connectivity index (χ3n) is 5.41. The van der Waals surface area contributed by atoms with Crippen molar-refractivity contribution in [1.82, 2.24) is 5.32 Å². The zero-order chi connectivity index (χ0) is 27.4. The number of hydrogen-bond acceptors (Lipinski definition) is 11. The lowest BCUT2D eigenvalue weighted by molar-refractivity contribution is -0.107. The Morgan fingerprint density at radius 2 is 1.22 bits per heavy atom. The first-order chi connectivity index (χ1) is 18.1. The Kier molecular flexibility index (Phi) is 26.6. The molecule has 3 unspecified atom stereocenters. The maximum absolute atomic E-state index is 11.8. The molecular weight excluding hydrogens is 490 g/mol. The van der Waals surface area contributed by atoms with Crippen LogP contribution in [0.1, 0.15) is 38.5 Å². The second kappa shape index (κ2) is 27.6. The fourth-order valence-electron chi connectivity index (χ4n) is 3.33. The molecule has 12 heteroatoms. The quantitative estimate of drug-likeness (QED) is 0.0676. The Balaban J connectivity index is 4.42. The maximum atomic E-state index is 11.8. The first kappa shape index (κ1) is 35.6. The van der Waals surface area contributed by atoms with Gasteiger partial charge >= 0.3 is 6.09 Å². The van der Waals surface area contributed by atoms with Gasteiger partial charge in [-0.2, -0.15) is 0 Å². The van der Waals surface area contributed by atoms with E-state index in [0.717, 1.165) is 6.42 Å². The van der Waals surface area contributed by atoms with E-state index in [1.807, 2.05) is 0 Å². The van der Waals surface area contributed by atoms with Gasteiger partial charge in [-0.3, -0.25) is 0 Å². The monoisotopic (exact) mass is 539 g/mol. The van der Waals surface area contributed by atoms with Crippen LogP contribution in [0.3, 0.4) is 0 Å². The van der Waals surface area contributed by atoms with Crippen molar-refractivity contribution >= 4 is 12.4 Å². The summed E-state index contributed by atoms with van der Waals surface area (Å²) in [6.07, 6.45) is 3.39. The Morgan fingerprint density at radius 1 is 0.649 bits per heavy atom. The third-order valence-corrected chi connectivity index (χ3v) is 5.41. The zero-order valence-corrected chi connectivity index (χ0v) is 22.1. The minimum atomic E-state index is -0.618. The van der Waals surface area contributed by atoms with Gasteiger partial charge < -0.3 is 54.2 Å². The highest BCUT2D eigenvalue weighted by atomic mass is 16.6. The van der Waals surface area contributed by atoms with Gasteiger partial charge in [0, 0.05) is 64.4 Å². The molecule has 0 aromatic carbocycles. The Bertz CT molecular complexity index is 513. The Morgan fingerprint density at radius 3 is 1.84 bits per heavy atom. The Hall–Kier alpha value is -1.38. The van der Waals surface area contributed by atoms with Gasteiger partial charge in [0.05, 0.1) is 39.6 Å². The van der Waals surface area contributed by atoms with Gasteiger partial charge in [-0.1, -0.05) is 0 Å². The van der Waals surface area contributed by atoms with E-state index >= 15 is 0 Å². The molecule has 0 bridgehead atoms. The third kappa shape index (κ3) is 23.5. The summed E-state index contributed by atoms with van der Waals surface area (Å²) in [5.74, 6) is -0.0562. The van der Waals surface area contributed by atoms with Crippen LogP contribution in [0.4, 0.5) is 4.79 Å². The van der Waals surface area contributed by atoms with Crippen molar-refractivity contribution in [1.29, 1.82) is 0 Å². The van der Waals surface area contributed by atoms with Crippen LogP contribution in [-0.2, 0) is 28.5 Å². The highest BCUT2D eigenvalue weighted by Gasteiger charge is 2.16. The first-order valence-corrected chi connectivity index (χ1v) is 13.2. The van der Waals surface area contributed by atoms with Crippen LogP contribution >= 0.6 is 0 Å². The zero-order valence-electron chi connectivity index (χ0n) is 22.1. The highest BCUT2D eigenvalue weighted by molar-refractivity contribution is 5.67. The molecule has 0 saturated heterocycles. The molecule has 1 amide bonds. The van der Waals surface area contributed by atoms with Gasteiger partial charge in [0.25, 0.3) is 0 Å². The molecule has 0 heterocycles. The van der Waals surface area contributed by atoms with E-state index in [0.29, 0.717) is 71.6 Å². The largest absolute Gasteiger partial charge is 0.449 e. The van der Waals surface area contributed by atoms with Crippen LogP contribution in [-0.4, -0.2) is 125 Å². The predicted molar refractivity (Wildman–Crippen MR) is 135 cm³/mol. The molecular formula is C25H49NO11. The number of nitrogens with one attached hydrogen (secondary N) is 1. The molecule has 5 N–H and O–H groups in total. The summed E-state index contributed by atoms with van der Waals surface area (Å²) in [7, 11) is 0. The second-order valence-corrected chi connectivity index (χ2v) is 8.81. The summed E-state index contributed by atoms with van der Waals surface area (Å²) in [4.78, 5) is 22.2. The van der Waals surface area contributed by atoms with Gasteiger partial charge in [-0.05, 0) is 38.0 Å². The minimum absolute atomic E-state index is 0.0391. The predicted octanol–water partition coefficient (Wildman–Crippen LogP) is 0.136. The number of carbonyl (C=O) groups is 2. The fraction of sp³-hybridized carbons (Fsp3) is 0.920. The second-order valence-electron chi connectivity index (χ2n) is 8.81. The number of alkyl carbamates (subject to hydrolysis) is 1. The van der Waals surface area contributed by atoms with Crippen molar-refractivity contribution in [2.24, 2.45) is 17.8 Å². The molecule has 0 spiro atoms. The van der Waals surface area contributed by atoms with Crippen LogP contribution in [0.5, 0.6) is 0 Å². The maximum Gasteiger partial charge on any atom is 0.407 e. The average Bonchev–Trinajstić information content (AvgIpc) is 2.89. The number of amides is 1. The average molecular weight is 540 g/mol. The molecule has 37 heavy (non-hydrogen) atoms. The lowest BCUT2D eigenvalue weighted by Crippen LogP contribution is -2.30. The van der Waals surface area contributed by atoms with Crippen molar-refractivity contribution < 1.29 is 53.7 Å². The van der Waals surface area contributed by atoms with Crippen LogP contribution < -0.4 is 5.32 Å². The first-order valence-electron chi connectivity index (χ1n) is 13.2. The lowest BCUT2D eigenvalue weighted by atomic mass is 10.0. The van der Waals surface area contributed by atoms with E-state index < -0.39 is 6.09 Å². The van der Waals surface area contributed by atoms with E-state index in [1.165, 1.54) is 0 Å². The van der Waals surface area contributed by atoms with E-state index in [4.69, 9.17) is 33.9 Å². The van der Waals surface area contributed by atoms with Crippen LogP contribution in [0.15, 0.2) is 0 Å². The van der Waals surface area contributed by atoms with E-state index in [-0.39, 0.29) is 77.0 Å². The number of ether oxygens (including phenoxy) is 5. The number of aliphatic hydroxyl groups excluding tert-OH is 4. The molecule has 0 rings (SSSR count). The van der Waals surface area contributed by atoms with Crippen molar-refractivity contribution in [3.63, 3.8) is 0 Å². The van der Waals surface area contributed by atoms with Crippen LogP contribution in [0, 0.1) is 17.8 Å². The van der Waals surface area contributed by atoms with Gasteiger partial charge in [0.15, 0.2) is 0 Å². The number of aliphatic hydroxyl groups is 4. The highest BCUT2D eigenvalue weighted by Crippen LogP contribution is 2.12. The van der Waals surface area contributed by atoms with Crippen LogP contribution in [0.2, 0.25) is 0 Å². The summed E-state index contributed by atoms with van der Waals surface area (Å²) in [5.41, 5.74) is 0. The number of rotatable bonds is 28. The van der Waals surface area contributed by atoms with Gasteiger partial charge in [-0.15, -0.1) is 0 Å². The molecule has 0 aromatic rings. The number of aldehydes is 1. The molecule has 0 aromatic heterocycles. The SMILES string of the molecule is O=CCCNC(=O)OCC(COCCOCC(CCO)COCCCO)COCC(CCO)CCCO. The molecule has 12 nitrogen and oxygen atoms in total. The number of hydrogen-bond donors (Lipinski definition) is 5. The summed E-state index contributed by atoms with van der Waals surface area (Å²) in [5, 5.41) is 38.8. The van der Waals surface area contributed by atoms with Crippen molar-refractivity contribution in [3.05, 3.63) is 0 Å². The van der Waals surface area contributed by atoms with Crippen LogP contribution in [0.25, 0.3) is 0 Å². The number of carbonyl (C=O) groups excluding carboxylic acids is 2. The standard InChI is InChI=1S/C25H49NO11/c27-8-1-4-22(5-11-30)16-36-20-24(21-37-25(32)26-7-2-9-28)19-35-15-14-34-18-23(6-12-31)17-33-13-3-10-29/h9,22-24,27,29-31H,1-8,10-21H2,(H,26,32). The summed E-state index contributed by atoms with van der Waals surface area (Å²) in [6, 6.07) is 0. The van der Waals surface area contributed by atoms with E-state index in [9.17, 15) is 19.8 Å².